The third kappa shape index (κ3) is 1.36. The molecule has 5 rings (SSSR count). The van der Waals surface area contributed by atoms with Crippen LogP contribution in [0.2, 0.25) is 0 Å². The lowest BCUT2D eigenvalue weighted by Crippen LogP contribution is -2.09. The molecule has 3 aliphatic carbocycles. The molecular formula is C17H18N2O2. The zero-order chi connectivity index (χ0) is 14.3. The average Bonchev–Trinajstić information content (AvgIpc) is 2.80. The summed E-state index contributed by atoms with van der Waals surface area (Å²) in [7, 11) is 0. The lowest BCUT2D eigenvalue weighted by atomic mass is 10.0. The monoisotopic (exact) mass is 282 g/mol. The minimum Gasteiger partial charge on any atom is -0.478 e. The second-order valence-electron chi connectivity index (χ2n) is 6.99. The van der Waals surface area contributed by atoms with Crippen LogP contribution < -0.4 is 0 Å². The highest BCUT2D eigenvalue weighted by molar-refractivity contribution is 6.01. The van der Waals surface area contributed by atoms with E-state index >= 15 is 0 Å². The third-order valence-corrected chi connectivity index (χ3v) is 6.11. The number of para-hydroxylation sites is 1. The van der Waals surface area contributed by atoms with E-state index in [9.17, 15) is 9.90 Å². The summed E-state index contributed by atoms with van der Waals surface area (Å²) in [6.07, 6.45) is 4.16. The maximum Gasteiger partial charge on any atom is 0.337 e. The molecule has 4 unspecified atom stereocenters. The van der Waals surface area contributed by atoms with Gasteiger partial charge in [0.15, 0.2) is 0 Å². The van der Waals surface area contributed by atoms with Crippen LogP contribution in [0.4, 0.5) is 0 Å². The SMILES string of the molecule is Cc1nc2cccc(C(=O)O)c2n1C1C2C3CCC(C3)C21. The highest BCUT2D eigenvalue weighted by Crippen LogP contribution is 2.72. The molecule has 0 radical (unpaired) electrons. The van der Waals surface area contributed by atoms with Gasteiger partial charge in [0.1, 0.15) is 5.82 Å². The van der Waals surface area contributed by atoms with E-state index in [1.165, 1.54) is 19.3 Å². The van der Waals surface area contributed by atoms with Crippen molar-refractivity contribution in [2.45, 2.75) is 32.2 Å². The molecule has 21 heavy (non-hydrogen) atoms. The molecule has 4 atom stereocenters. The maximum atomic E-state index is 11.6. The number of imidazole rings is 1. The first-order valence-electron chi connectivity index (χ1n) is 7.87. The Labute approximate surface area is 122 Å². The number of fused-ring (bicyclic) bond motifs is 6. The molecule has 1 aromatic heterocycles. The smallest absolute Gasteiger partial charge is 0.337 e. The van der Waals surface area contributed by atoms with Crippen molar-refractivity contribution in [3.63, 3.8) is 0 Å². The van der Waals surface area contributed by atoms with Crippen molar-refractivity contribution in [1.82, 2.24) is 9.55 Å². The van der Waals surface area contributed by atoms with E-state index in [1.807, 2.05) is 13.0 Å². The van der Waals surface area contributed by atoms with Gasteiger partial charge in [-0.2, -0.15) is 0 Å². The second-order valence-corrected chi connectivity index (χ2v) is 6.99. The molecule has 4 heteroatoms. The Bertz CT molecular complexity index is 762. The number of carbonyl (C=O) groups is 1. The first-order valence-corrected chi connectivity index (χ1v) is 7.87. The molecule has 0 aliphatic heterocycles. The highest BCUT2D eigenvalue weighted by atomic mass is 16.4. The fraction of sp³-hybridized carbons (Fsp3) is 0.529. The van der Waals surface area contributed by atoms with Crippen LogP contribution in [0.5, 0.6) is 0 Å². The van der Waals surface area contributed by atoms with Crippen molar-refractivity contribution in [3.8, 4) is 0 Å². The zero-order valence-corrected chi connectivity index (χ0v) is 12.0. The number of carboxylic acids is 1. The van der Waals surface area contributed by atoms with Crippen molar-refractivity contribution >= 4 is 17.0 Å². The van der Waals surface area contributed by atoms with Gasteiger partial charge in [-0.25, -0.2) is 9.78 Å². The summed E-state index contributed by atoms with van der Waals surface area (Å²) in [6.45, 7) is 2.02. The molecule has 3 saturated carbocycles. The van der Waals surface area contributed by atoms with E-state index in [2.05, 4.69) is 9.55 Å². The van der Waals surface area contributed by atoms with Gasteiger partial charge in [0.05, 0.1) is 16.6 Å². The fourth-order valence-electron chi connectivity index (χ4n) is 5.43. The Balaban J connectivity index is 1.70. The average molecular weight is 282 g/mol. The molecular weight excluding hydrogens is 264 g/mol. The highest BCUT2D eigenvalue weighted by Gasteiger charge is 2.66. The molecule has 0 amide bonds. The molecule has 2 bridgehead atoms. The molecule has 0 saturated heterocycles. The van der Waals surface area contributed by atoms with E-state index in [0.717, 1.165) is 40.5 Å². The third-order valence-electron chi connectivity index (χ3n) is 6.11. The van der Waals surface area contributed by atoms with Gasteiger partial charge >= 0.3 is 5.97 Å². The lowest BCUT2D eigenvalue weighted by Gasteiger charge is -2.13. The summed E-state index contributed by atoms with van der Waals surface area (Å²) < 4.78 is 2.25. The van der Waals surface area contributed by atoms with Crippen LogP contribution in [-0.2, 0) is 0 Å². The molecule has 2 aromatic rings. The summed E-state index contributed by atoms with van der Waals surface area (Å²) in [5.41, 5.74) is 2.05. The number of hydrogen-bond donors (Lipinski definition) is 1. The predicted molar refractivity (Wildman–Crippen MR) is 78.3 cm³/mol. The lowest BCUT2D eigenvalue weighted by molar-refractivity contribution is 0.0698. The van der Waals surface area contributed by atoms with E-state index < -0.39 is 5.97 Å². The van der Waals surface area contributed by atoms with Gasteiger partial charge in [0.2, 0.25) is 0 Å². The number of nitrogens with zero attached hydrogens (tertiary/aromatic N) is 2. The normalized spacial score (nSPS) is 36.1. The number of aryl methyl sites for hydroxylation is 1. The summed E-state index contributed by atoms with van der Waals surface area (Å²) in [5, 5.41) is 9.50. The molecule has 1 heterocycles. The number of benzene rings is 1. The van der Waals surface area contributed by atoms with Gasteiger partial charge in [-0.1, -0.05) is 6.07 Å². The summed E-state index contributed by atoms with van der Waals surface area (Å²) >= 11 is 0. The predicted octanol–water partition coefficient (Wildman–Crippen LogP) is 3.26. The van der Waals surface area contributed by atoms with Crippen molar-refractivity contribution in [1.29, 1.82) is 0 Å². The topological polar surface area (TPSA) is 55.1 Å². The number of aromatic carboxylic acids is 1. The summed E-state index contributed by atoms with van der Waals surface area (Å²) in [4.78, 5) is 16.2. The molecule has 3 aliphatic rings. The van der Waals surface area contributed by atoms with Gasteiger partial charge in [-0.05, 0) is 62.0 Å². The summed E-state index contributed by atoms with van der Waals surface area (Å²) in [6, 6.07) is 5.93. The van der Waals surface area contributed by atoms with E-state index in [4.69, 9.17) is 0 Å². The molecule has 3 fully saturated rings. The van der Waals surface area contributed by atoms with Crippen LogP contribution in [0, 0.1) is 30.6 Å². The van der Waals surface area contributed by atoms with Crippen LogP contribution in [0.1, 0.15) is 41.5 Å². The van der Waals surface area contributed by atoms with Gasteiger partial charge < -0.3 is 9.67 Å². The number of rotatable bonds is 2. The van der Waals surface area contributed by atoms with Crippen LogP contribution >= 0.6 is 0 Å². The maximum absolute atomic E-state index is 11.6. The largest absolute Gasteiger partial charge is 0.478 e. The molecule has 1 aromatic carbocycles. The first-order chi connectivity index (χ1) is 10.2. The van der Waals surface area contributed by atoms with E-state index in [1.54, 1.807) is 12.1 Å². The Kier molecular flexibility index (Phi) is 2.06. The standard InChI is InChI=1S/C17H18N2O2/c1-8-18-12-4-2-3-11(17(20)21)15(12)19(8)16-13-9-5-6-10(7-9)14(13)16/h2-4,9-10,13-14,16H,5-7H2,1H3,(H,20,21). The Morgan fingerprint density at radius 1 is 1.29 bits per heavy atom. The van der Waals surface area contributed by atoms with Gasteiger partial charge in [-0.3, -0.25) is 0 Å². The molecule has 1 N–H and O–H groups in total. The molecule has 108 valence electrons. The number of carboxylic acid groups (broad SMARTS) is 1. The molecule has 4 nitrogen and oxygen atoms in total. The number of hydrogen-bond acceptors (Lipinski definition) is 2. The Hall–Kier alpha value is -1.84. The van der Waals surface area contributed by atoms with E-state index in [-0.39, 0.29) is 0 Å². The minimum absolute atomic E-state index is 0.394. The van der Waals surface area contributed by atoms with Crippen LogP contribution in [0.15, 0.2) is 18.2 Å². The van der Waals surface area contributed by atoms with Gasteiger partial charge in [0, 0.05) is 6.04 Å². The number of aromatic nitrogens is 2. The van der Waals surface area contributed by atoms with Crippen LogP contribution in [-0.4, -0.2) is 20.6 Å². The molecule has 0 spiro atoms. The van der Waals surface area contributed by atoms with Gasteiger partial charge in [-0.15, -0.1) is 0 Å². The first kappa shape index (κ1) is 11.8. The second kappa shape index (κ2) is 3.67. The summed E-state index contributed by atoms with van der Waals surface area (Å²) in [5.74, 6) is 3.43. The van der Waals surface area contributed by atoms with Crippen LogP contribution in [0.3, 0.4) is 0 Å². The van der Waals surface area contributed by atoms with Crippen molar-refractivity contribution in [3.05, 3.63) is 29.6 Å². The zero-order valence-electron chi connectivity index (χ0n) is 12.0. The van der Waals surface area contributed by atoms with Crippen LogP contribution in [0.25, 0.3) is 11.0 Å². The van der Waals surface area contributed by atoms with Crippen molar-refractivity contribution in [2.24, 2.45) is 23.7 Å². The Morgan fingerprint density at radius 2 is 2.00 bits per heavy atom. The quantitative estimate of drug-likeness (QED) is 0.919. The van der Waals surface area contributed by atoms with Gasteiger partial charge in [0.25, 0.3) is 0 Å². The minimum atomic E-state index is -0.851. The van der Waals surface area contributed by atoms with E-state index in [0.29, 0.717) is 11.6 Å². The fourth-order valence-corrected chi connectivity index (χ4v) is 5.43. The van der Waals surface area contributed by atoms with Crippen molar-refractivity contribution in [2.75, 3.05) is 0 Å². The Morgan fingerprint density at radius 3 is 2.67 bits per heavy atom. The van der Waals surface area contributed by atoms with Crippen molar-refractivity contribution < 1.29 is 9.90 Å².